The number of carbonyl (C=O) groups is 2. The van der Waals surface area contributed by atoms with Gasteiger partial charge in [0.15, 0.2) is 0 Å². The van der Waals surface area contributed by atoms with Crippen LogP contribution in [0.25, 0.3) is 0 Å². The van der Waals surface area contributed by atoms with Crippen LogP contribution in [0, 0.1) is 0 Å². The van der Waals surface area contributed by atoms with Crippen molar-refractivity contribution in [2.45, 2.75) is 13.3 Å². The minimum atomic E-state index is -0.289. The zero-order valence-corrected chi connectivity index (χ0v) is 15.3. The van der Waals surface area contributed by atoms with E-state index in [1.807, 2.05) is 6.07 Å². The fourth-order valence-electron chi connectivity index (χ4n) is 3.02. The summed E-state index contributed by atoms with van der Waals surface area (Å²) in [6.07, 6.45) is 2.06. The van der Waals surface area contributed by atoms with Crippen LogP contribution >= 0.6 is 0 Å². The van der Waals surface area contributed by atoms with E-state index in [2.05, 4.69) is 14.9 Å². The second-order valence-electron chi connectivity index (χ2n) is 6.17. The Morgan fingerprint density at radius 3 is 2.78 bits per heavy atom. The van der Waals surface area contributed by atoms with E-state index in [-0.39, 0.29) is 17.7 Å². The minimum absolute atomic E-state index is 0.189. The van der Waals surface area contributed by atoms with Crippen LogP contribution in [0.3, 0.4) is 0 Å². The Labute approximate surface area is 158 Å². The molecule has 0 aromatic carbocycles. The summed E-state index contributed by atoms with van der Waals surface area (Å²) < 4.78 is 5.08. The zero-order chi connectivity index (χ0) is 19.2. The maximum Gasteiger partial charge on any atom is 0.409 e. The summed E-state index contributed by atoms with van der Waals surface area (Å²) in [6.45, 7) is 4.72. The summed E-state index contributed by atoms with van der Waals surface area (Å²) in [4.78, 5) is 36.9. The molecule has 1 aliphatic heterocycles. The smallest absolute Gasteiger partial charge is 0.409 e. The van der Waals surface area contributed by atoms with E-state index in [0.717, 1.165) is 13.0 Å². The molecule has 3 heterocycles. The van der Waals surface area contributed by atoms with Gasteiger partial charge in [0.1, 0.15) is 17.3 Å². The quantitative estimate of drug-likeness (QED) is 0.822. The molecule has 27 heavy (non-hydrogen) atoms. The first kappa shape index (κ1) is 18.6. The molecule has 0 unspecified atom stereocenters. The summed E-state index contributed by atoms with van der Waals surface area (Å²) in [7, 11) is 0. The summed E-state index contributed by atoms with van der Waals surface area (Å²) >= 11 is 0. The molecule has 0 saturated carbocycles. The van der Waals surface area contributed by atoms with Gasteiger partial charge in [-0.15, -0.1) is 0 Å². The van der Waals surface area contributed by atoms with Crippen molar-refractivity contribution in [3.63, 3.8) is 0 Å². The van der Waals surface area contributed by atoms with Crippen LogP contribution in [0.2, 0.25) is 0 Å². The molecule has 8 heteroatoms. The third kappa shape index (κ3) is 4.33. The lowest BCUT2D eigenvalue weighted by Gasteiger charge is -2.22. The van der Waals surface area contributed by atoms with Gasteiger partial charge < -0.3 is 20.3 Å². The van der Waals surface area contributed by atoms with Crippen molar-refractivity contribution in [1.29, 1.82) is 0 Å². The van der Waals surface area contributed by atoms with Crippen LogP contribution in [0.1, 0.15) is 29.4 Å². The van der Waals surface area contributed by atoms with E-state index in [9.17, 15) is 9.59 Å². The largest absolute Gasteiger partial charge is 0.450 e. The SMILES string of the molecule is CCOC(=O)N1CCCN(c2cccc(C(=O)c3cccnc3N)n2)CC1. The van der Waals surface area contributed by atoms with Crippen molar-refractivity contribution in [3.05, 3.63) is 47.8 Å². The Bertz CT molecular complexity index is 826. The highest BCUT2D eigenvalue weighted by atomic mass is 16.6. The molecule has 1 amide bonds. The third-order valence-corrected chi connectivity index (χ3v) is 4.40. The zero-order valence-electron chi connectivity index (χ0n) is 15.3. The maximum atomic E-state index is 12.7. The minimum Gasteiger partial charge on any atom is -0.450 e. The summed E-state index contributed by atoms with van der Waals surface area (Å²) in [5.41, 5.74) is 6.47. The highest BCUT2D eigenvalue weighted by molar-refractivity contribution is 6.10. The number of hydrogen-bond donors (Lipinski definition) is 1. The molecule has 0 aliphatic carbocycles. The van der Waals surface area contributed by atoms with Crippen LogP contribution in [0.5, 0.6) is 0 Å². The van der Waals surface area contributed by atoms with Crippen LogP contribution in [0.15, 0.2) is 36.5 Å². The monoisotopic (exact) mass is 369 g/mol. The number of nitrogen functional groups attached to an aromatic ring is 1. The fourth-order valence-corrected chi connectivity index (χ4v) is 3.02. The predicted molar refractivity (Wildman–Crippen MR) is 102 cm³/mol. The lowest BCUT2D eigenvalue weighted by molar-refractivity contribution is 0.103. The maximum absolute atomic E-state index is 12.7. The number of aromatic nitrogens is 2. The van der Waals surface area contributed by atoms with Gasteiger partial charge in [-0.3, -0.25) is 4.79 Å². The highest BCUT2D eigenvalue weighted by Crippen LogP contribution is 2.18. The van der Waals surface area contributed by atoms with E-state index < -0.39 is 0 Å². The Hall–Kier alpha value is -3.16. The summed E-state index contributed by atoms with van der Waals surface area (Å²) in [6, 6.07) is 8.65. The highest BCUT2D eigenvalue weighted by Gasteiger charge is 2.21. The molecule has 142 valence electrons. The molecule has 0 spiro atoms. The lowest BCUT2D eigenvalue weighted by Crippen LogP contribution is -2.35. The Morgan fingerprint density at radius 2 is 2.00 bits per heavy atom. The van der Waals surface area contributed by atoms with E-state index in [0.29, 0.717) is 43.3 Å². The molecule has 2 aromatic rings. The molecule has 8 nitrogen and oxygen atoms in total. The molecule has 1 saturated heterocycles. The van der Waals surface area contributed by atoms with Crippen LogP contribution in [-0.4, -0.2) is 59.5 Å². The first-order valence-corrected chi connectivity index (χ1v) is 8.99. The molecule has 2 N–H and O–H groups in total. The molecular formula is C19H23N5O3. The number of pyridine rings is 2. The Kier molecular flexibility index (Phi) is 5.85. The van der Waals surface area contributed by atoms with Gasteiger partial charge in [-0.25, -0.2) is 14.8 Å². The van der Waals surface area contributed by atoms with Crippen LogP contribution in [-0.2, 0) is 4.74 Å². The van der Waals surface area contributed by atoms with Gasteiger partial charge in [0, 0.05) is 32.4 Å². The van der Waals surface area contributed by atoms with Crippen LogP contribution in [0.4, 0.5) is 16.4 Å². The van der Waals surface area contributed by atoms with E-state index in [1.54, 1.807) is 42.3 Å². The molecule has 0 radical (unpaired) electrons. The van der Waals surface area contributed by atoms with Crippen molar-refractivity contribution in [2.75, 3.05) is 43.4 Å². The summed E-state index contributed by atoms with van der Waals surface area (Å²) in [5, 5.41) is 0. The van der Waals surface area contributed by atoms with Crippen molar-refractivity contribution in [1.82, 2.24) is 14.9 Å². The van der Waals surface area contributed by atoms with E-state index >= 15 is 0 Å². The standard InChI is InChI=1S/C19H23N5O3/c1-2-27-19(26)24-11-5-10-23(12-13-24)16-8-3-7-15(22-16)17(25)14-6-4-9-21-18(14)20/h3-4,6-9H,2,5,10-13H2,1H3,(H2,20,21). The number of carbonyl (C=O) groups excluding carboxylic acids is 2. The Balaban J connectivity index is 1.75. The second-order valence-corrected chi connectivity index (χ2v) is 6.17. The van der Waals surface area contributed by atoms with Crippen molar-refractivity contribution < 1.29 is 14.3 Å². The molecule has 0 atom stereocenters. The number of amides is 1. The molecule has 1 fully saturated rings. The van der Waals surface area contributed by atoms with E-state index in [4.69, 9.17) is 10.5 Å². The number of nitrogens with two attached hydrogens (primary N) is 1. The number of rotatable bonds is 4. The third-order valence-electron chi connectivity index (χ3n) is 4.40. The van der Waals surface area contributed by atoms with Gasteiger partial charge in [-0.1, -0.05) is 6.07 Å². The van der Waals surface area contributed by atoms with Crippen molar-refractivity contribution in [3.8, 4) is 0 Å². The fraction of sp³-hybridized carbons (Fsp3) is 0.368. The normalized spacial score (nSPS) is 14.6. The first-order chi connectivity index (χ1) is 13.1. The van der Waals surface area contributed by atoms with Gasteiger partial charge in [-0.05, 0) is 37.6 Å². The van der Waals surface area contributed by atoms with Crippen molar-refractivity contribution in [2.24, 2.45) is 0 Å². The van der Waals surface area contributed by atoms with Crippen LogP contribution < -0.4 is 10.6 Å². The number of hydrogen-bond acceptors (Lipinski definition) is 7. The van der Waals surface area contributed by atoms with E-state index in [1.165, 1.54) is 0 Å². The molecular weight excluding hydrogens is 346 g/mol. The average molecular weight is 369 g/mol. The molecule has 2 aromatic heterocycles. The van der Waals surface area contributed by atoms with Gasteiger partial charge in [0.05, 0.1) is 12.2 Å². The second kappa shape index (κ2) is 8.48. The number of nitrogens with zero attached hydrogens (tertiary/aromatic N) is 4. The number of ether oxygens (including phenoxy) is 1. The predicted octanol–water partition coefficient (Wildman–Crippen LogP) is 1.96. The van der Waals surface area contributed by atoms with Gasteiger partial charge >= 0.3 is 6.09 Å². The molecule has 1 aliphatic rings. The molecule has 0 bridgehead atoms. The van der Waals surface area contributed by atoms with Gasteiger partial charge in [0.25, 0.3) is 0 Å². The van der Waals surface area contributed by atoms with Gasteiger partial charge in [-0.2, -0.15) is 0 Å². The molecule has 3 rings (SSSR count). The lowest BCUT2D eigenvalue weighted by atomic mass is 10.1. The first-order valence-electron chi connectivity index (χ1n) is 8.99. The summed E-state index contributed by atoms with van der Waals surface area (Å²) in [5.74, 6) is 0.633. The topological polar surface area (TPSA) is 102 Å². The van der Waals surface area contributed by atoms with Crippen molar-refractivity contribution >= 4 is 23.5 Å². The number of ketones is 1. The Morgan fingerprint density at radius 1 is 1.15 bits per heavy atom. The number of anilines is 2. The average Bonchev–Trinajstić information content (AvgIpc) is 2.94. The van der Waals surface area contributed by atoms with Gasteiger partial charge in [0.2, 0.25) is 5.78 Å².